The number of hydrogen-bond acceptors (Lipinski definition) is 5. The third-order valence-electron chi connectivity index (χ3n) is 4.89. The Bertz CT molecular complexity index is 604. The summed E-state index contributed by atoms with van der Waals surface area (Å²) in [5, 5.41) is 0.104. The summed E-state index contributed by atoms with van der Waals surface area (Å²) in [5.74, 6) is 2.43. The molecule has 0 spiro atoms. The van der Waals surface area contributed by atoms with Crippen molar-refractivity contribution in [1.82, 2.24) is 9.80 Å². The molecule has 1 amide bonds. The first-order chi connectivity index (χ1) is 11.8. The maximum Gasteiger partial charge on any atom is 0.233 e. The van der Waals surface area contributed by atoms with Crippen molar-refractivity contribution < 1.29 is 14.3 Å². The van der Waals surface area contributed by atoms with Crippen molar-refractivity contribution in [2.24, 2.45) is 0 Å². The summed E-state index contributed by atoms with van der Waals surface area (Å²) in [4.78, 5) is 16.9. The van der Waals surface area contributed by atoms with Crippen molar-refractivity contribution in [2.75, 3.05) is 45.1 Å². The molecule has 3 heterocycles. The van der Waals surface area contributed by atoms with Crippen LogP contribution in [-0.2, 0) is 4.79 Å². The normalized spacial score (nSPS) is 23.9. The largest absolute Gasteiger partial charge is 0.486 e. The van der Waals surface area contributed by atoms with Gasteiger partial charge in [-0.2, -0.15) is 0 Å². The smallest absolute Gasteiger partial charge is 0.233 e. The number of benzene rings is 1. The molecule has 0 aliphatic carbocycles. The zero-order valence-corrected chi connectivity index (χ0v) is 14.7. The number of likely N-dealkylation sites (tertiary alicyclic amines) is 1. The highest BCUT2D eigenvalue weighted by molar-refractivity contribution is 8.00. The second-order valence-electron chi connectivity index (χ2n) is 6.56. The van der Waals surface area contributed by atoms with Gasteiger partial charge in [-0.3, -0.25) is 4.79 Å². The van der Waals surface area contributed by atoms with Gasteiger partial charge in [0.1, 0.15) is 18.6 Å². The van der Waals surface area contributed by atoms with E-state index < -0.39 is 0 Å². The molecule has 1 atom stereocenters. The third-order valence-corrected chi connectivity index (χ3v) is 6.15. The van der Waals surface area contributed by atoms with Gasteiger partial charge in [0.15, 0.2) is 11.5 Å². The Morgan fingerprint density at radius 3 is 2.71 bits per heavy atom. The van der Waals surface area contributed by atoms with Gasteiger partial charge < -0.3 is 19.3 Å². The minimum atomic E-state index is 0.104. The van der Waals surface area contributed by atoms with E-state index in [1.54, 1.807) is 11.8 Å². The molecule has 0 bridgehead atoms. The molecular formula is C18H24N2O3S. The molecule has 2 fully saturated rings. The van der Waals surface area contributed by atoms with E-state index in [0.717, 1.165) is 36.6 Å². The van der Waals surface area contributed by atoms with Crippen LogP contribution in [-0.4, -0.2) is 60.9 Å². The zero-order chi connectivity index (χ0) is 16.4. The van der Waals surface area contributed by atoms with E-state index in [9.17, 15) is 4.79 Å². The van der Waals surface area contributed by atoms with Gasteiger partial charge in [-0.1, -0.05) is 6.07 Å². The molecule has 0 radical (unpaired) electrons. The third kappa shape index (κ3) is 3.35. The van der Waals surface area contributed by atoms with Crippen molar-refractivity contribution in [2.45, 2.75) is 24.6 Å². The minimum absolute atomic E-state index is 0.104. The van der Waals surface area contributed by atoms with Gasteiger partial charge in [0, 0.05) is 6.54 Å². The van der Waals surface area contributed by atoms with Crippen LogP contribution >= 0.6 is 11.8 Å². The van der Waals surface area contributed by atoms with Crippen LogP contribution in [0.15, 0.2) is 18.2 Å². The summed E-state index contributed by atoms with van der Waals surface area (Å²) in [6.07, 6.45) is 3.68. The molecule has 130 valence electrons. The summed E-state index contributed by atoms with van der Waals surface area (Å²) in [6.45, 7) is 5.56. The van der Waals surface area contributed by atoms with Crippen molar-refractivity contribution >= 4 is 17.7 Å². The van der Waals surface area contributed by atoms with Crippen LogP contribution in [0, 0.1) is 0 Å². The Kier molecular flexibility index (Phi) is 4.85. The minimum Gasteiger partial charge on any atom is -0.486 e. The van der Waals surface area contributed by atoms with Crippen molar-refractivity contribution in [3.05, 3.63) is 23.8 Å². The van der Waals surface area contributed by atoms with E-state index in [1.165, 1.54) is 25.9 Å². The summed E-state index contributed by atoms with van der Waals surface area (Å²) in [7, 11) is 0. The molecule has 6 heteroatoms. The van der Waals surface area contributed by atoms with Gasteiger partial charge in [0.2, 0.25) is 5.91 Å². The molecule has 24 heavy (non-hydrogen) atoms. The van der Waals surface area contributed by atoms with Gasteiger partial charge in [-0.15, -0.1) is 11.8 Å². The number of carbonyl (C=O) groups excluding carboxylic acids is 1. The number of fused-ring (bicyclic) bond motifs is 1. The number of carbonyl (C=O) groups is 1. The number of hydrogen-bond donors (Lipinski definition) is 0. The van der Waals surface area contributed by atoms with Crippen molar-refractivity contribution in [3.63, 3.8) is 0 Å². The molecule has 4 rings (SSSR count). The maximum absolute atomic E-state index is 12.3. The first kappa shape index (κ1) is 16.1. The predicted octanol–water partition coefficient (Wildman–Crippen LogP) is 2.52. The van der Waals surface area contributed by atoms with Crippen LogP contribution in [0.25, 0.3) is 0 Å². The second-order valence-corrected chi connectivity index (χ2v) is 7.62. The molecule has 1 unspecified atom stereocenters. The molecule has 1 aromatic rings. The quantitative estimate of drug-likeness (QED) is 0.818. The first-order valence-electron chi connectivity index (χ1n) is 8.84. The molecule has 3 aliphatic heterocycles. The van der Waals surface area contributed by atoms with E-state index in [4.69, 9.17) is 9.47 Å². The van der Waals surface area contributed by atoms with Gasteiger partial charge in [-0.25, -0.2) is 0 Å². The summed E-state index contributed by atoms with van der Waals surface area (Å²) in [5.41, 5.74) is 1.14. The van der Waals surface area contributed by atoms with E-state index in [1.807, 2.05) is 17.0 Å². The van der Waals surface area contributed by atoms with Crippen LogP contribution in [0.4, 0.5) is 0 Å². The van der Waals surface area contributed by atoms with Crippen LogP contribution in [0.5, 0.6) is 11.5 Å². The molecule has 2 saturated heterocycles. The molecular weight excluding hydrogens is 324 g/mol. The van der Waals surface area contributed by atoms with Crippen LogP contribution in [0.2, 0.25) is 0 Å². The van der Waals surface area contributed by atoms with Crippen LogP contribution < -0.4 is 9.47 Å². The summed E-state index contributed by atoms with van der Waals surface area (Å²) >= 11 is 1.71. The van der Waals surface area contributed by atoms with Gasteiger partial charge in [0.25, 0.3) is 0 Å². The van der Waals surface area contributed by atoms with Crippen LogP contribution in [0.1, 0.15) is 30.2 Å². The Morgan fingerprint density at radius 2 is 1.88 bits per heavy atom. The lowest BCUT2D eigenvalue weighted by Gasteiger charge is -2.26. The van der Waals surface area contributed by atoms with E-state index in [-0.39, 0.29) is 11.3 Å². The highest BCUT2D eigenvalue weighted by atomic mass is 32.2. The average Bonchev–Trinajstić information content (AvgIpc) is 3.25. The second kappa shape index (κ2) is 7.23. The highest BCUT2D eigenvalue weighted by Crippen LogP contribution is 2.42. The number of ether oxygens (including phenoxy) is 2. The fraction of sp³-hybridized carbons (Fsp3) is 0.611. The van der Waals surface area contributed by atoms with Crippen molar-refractivity contribution in [3.8, 4) is 11.5 Å². The molecule has 1 aromatic carbocycles. The lowest BCUT2D eigenvalue weighted by molar-refractivity contribution is -0.128. The molecule has 0 aromatic heterocycles. The maximum atomic E-state index is 12.3. The van der Waals surface area contributed by atoms with E-state index >= 15 is 0 Å². The number of thioether (sulfide) groups is 1. The first-order valence-corrected chi connectivity index (χ1v) is 9.89. The number of amides is 1. The Labute approximate surface area is 147 Å². The summed E-state index contributed by atoms with van der Waals surface area (Å²) < 4.78 is 11.3. The molecule has 5 nitrogen and oxygen atoms in total. The lowest BCUT2D eigenvalue weighted by Crippen LogP contribution is -2.32. The number of rotatable bonds is 5. The van der Waals surface area contributed by atoms with Gasteiger partial charge in [-0.05, 0) is 56.6 Å². The summed E-state index contributed by atoms with van der Waals surface area (Å²) in [6, 6.07) is 6.07. The van der Waals surface area contributed by atoms with E-state index in [2.05, 4.69) is 11.0 Å². The highest BCUT2D eigenvalue weighted by Gasteiger charge is 2.33. The molecule has 3 aliphatic rings. The lowest BCUT2D eigenvalue weighted by atomic mass is 10.1. The number of nitrogens with zero attached hydrogens (tertiary/aromatic N) is 2. The zero-order valence-electron chi connectivity index (χ0n) is 13.9. The van der Waals surface area contributed by atoms with E-state index in [0.29, 0.717) is 19.0 Å². The predicted molar refractivity (Wildman–Crippen MR) is 94.6 cm³/mol. The SMILES string of the molecule is O=C1CSC(c2ccc3c(c2)OCCO3)N1CCCN1CCCC1. The average molecular weight is 348 g/mol. The standard InChI is InChI=1S/C18H24N2O3S/c21-17-13-24-18(20(17)9-3-8-19-6-1-2-7-19)14-4-5-15-16(12-14)23-11-10-22-15/h4-5,12,18H,1-3,6-11,13H2. The van der Waals surface area contributed by atoms with Gasteiger partial charge >= 0.3 is 0 Å². The Morgan fingerprint density at radius 1 is 1.08 bits per heavy atom. The van der Waals surface area contributed by atoms with Gasteiger partial charge in [0.05, 0.1) is 5.75 Å². The van der Waals surface area contributed by atoms with Crippen molar-refractivity contribution in [1.29, 1.82) is 0 Å². The molecule has 0 N–H and O–H groups in total. The molecule has 0 saturated carbocycles. The topological polar surface area (TPSA) is 42.0 Å². The fourth-order valence-corrected chi connectivity index (χ4v) is 4.86. The fourth-order valence-electron chi connectivity index (χ4n) is 3.66. The Hall–Kier alpha value is -1.40. The Balaban J connectivity index is 1.42. The van der Waals surface area contributed by atoms with Crippen LogP contribution in [0.3, 0.4) is 0 Å². The monoisotopic (exact) mass is 348 g/mol.